The lowest BCUT2D eigenvalue weighted by atomic mass is 10.4. The van der Waals surface area contributed by atoms with E-state index in [1.165, 1.54) is 0 Å². The van der Waals surface area contributed by atoms with Crippen LogP contribution in [0.5, 0.6) is 0 Å². The van der Waals surface area contributed by atoms with Crippen LogP contribution in [-0.2, 0) is 19.6 Å². The van der Waals surface area contributed by atoms with Gasteiger partial charge in [-0.25, -0.2) is 8.42 Å². The third kappa shape index (κ3) is 7.79. The molecule has 0 atom stereocenters. The molecule has 15 heavy (non-hydrogen) atoms. The van der Waals surface area contributed by atoms with Gasteiger partial charge >= 0.3 is 6.43 Å². The van der Waals surface area contributed by atoms with Gasteiger partial charge in [0.25, 0.3) is 5.91 Å². The molecule has 88 valence electrons. The monoisotopic (exact) mass is 244 g/mol. The Kier molecular flexibility index (Phi) is 5.12. The van der Waals surface area contributed by atoms with Crippen molar-refractivity contribution in [2.75, 3.05) is 12.8 Å². The summed E-state index contributed by atoms with van der Waals surface area (Å²) >= 11 is 0. The van der Waals surface area contributed by atoms with Gasteiger partial charge in [0.1, 0.15) is 0 Å². The Balaban J connectivity index is 3.79. The number of carbonyl (C=O) groups excluding carboxylic acids is 2. The van der Waals surface area contributed by atoms with Crippen LogP contribution < -0.4 is 10.0 Å². The lowest BCUT2D eigenvalue weighted by Gasteiger charge is -2.04. The fourth-order valence-corrected chi connectivity index (χ4v) is 1.15. The number of halogens is 2. The molecule has 0 radical (unpaired) electrons. The van der Waals surface area contributed by atoms with Gasteiger partial charge in [-0.15, -0.1) is 0 Å². The first-order valence-electron chi connectivity index (χ1n) is 3.79. The van der Waals surface area contributed by atoms with Crippen molar-refractivity contribution in [3.8, 4) is 0 Å². The average molecular weight is 244 g/mol. The van der Waals surface area contributed by atoms with Crippen LogP contribution in [0.2, 0.25) is 0 Å². The normalized spacial score (nSPS) is 11.2. The molecule has 0 fully saturated rings. The van der Waals surface area contributed by atoms with Gasteiger partial charge in [-0.1, -0.05) is 0 Å². The van der Waals surface area contributed by atoms with Gasteiger partial charge in [0.05, 0.1) is 6.26 Å². The predicted molar refractivity (Wildman–Crippen MR) is 46.6 cm³/mol. The molecule has 0 bridgehead atoms. The minimum Gasteiger partial charge on any atom is -0.351 e. The first kappa shape index (κ1) is 13.8. The zero-order chi connectivity index (χ0) is 12.1. The maximum absolute atomic E-state index is 11.6. The fourth-order valence-electron chi connectivity index (χ4n) is 0.634. The summed E-state index contributed by atoms with van der Waals surface area (Å²) in [5.74, 6) is -2.37. The Morgan fingerprint density at radius 2 is 1.87 bits per heavy atom. The highest BCUT2D eigenvalue weighted by atomic mass is 32.2. The molecule has 9 heteroatoms. The highest BCUT2D eigenvalue weighted by Gasteiger charge is 2.15. The maximum atomic E-state index is 11.6. The topological polar surface area (TPSA) is 92.3 Å². The molecule has 0 aliphatic carbocycles. The molecule has 0 heterocycles. The Bertz CT molecular complexity index is 341. The predicted octanol–water partition coefficient (Wildman–Crippen LogP) is -1.17. The average Bonchev–Trinajstić information content (AvgIpc) is 2.00. The van der Waals surface area contributed by atoms with Crippen LogP contribution in [0, 0.1) is 0 Å². The van der Waals surface area contributed by atoms with E-state index in [1.54, 1.807) is 10.0 Å². The standard InChI is InChI=1S/C6H10F2N2O4S/c1-15(13,14)10-4(11)2-3-9-6(12)5(7)8/h5H,2-3H2,1H3,(H,9,12)(H,10,11). The zero-order valence-electron chi connectivity index (χ0n) is 7.79. The third-order valence-electron chi connectivity index (χ3n) is 1.15. The molecule has 2 amide bonds. The van der Waals surface area contributed by atoms with Crippen molar-refractivity contribution in [3.05, 3.63) is 0 Å². The maximum Gasteiger partial charge on any atom is 0.315 e. The first-order valence-corrected chi connectivity index (χ1v) is 5.68. The number of amides is 2. The van der Waals surface area contributed by atoms with Crippen LogP contribution in [0.1, 0.15) is 6.42 Å². The molecular formula is C6H10F2N2O4S. The molecule has 0 unspecified atom stereocenters. The molecule has 0 aromatic rings. The number of hydrogen-bond acceptors (Lipinski definition) is 4. The summed E-state index contributed by atoms with van der Waals surface area (Å²) in [4.78, 5) is 21.1. The van der Waals surface area contributed by atoms with Gasteiger partial charge < -0.3 is 5.32 Å². The van der Waals surface area contributed by atoms with Crippen molar-refractivity contribution >= 4 is 21.8 Å². The number of sulfonamides is 1. The molecule has 0 saturated carbocycles. The molecule has 2 N–H and O–H groups in total. The van der Waals surface area contributed by atoms with E-state index in [9.17, 15) is 26.8 Å². The summed E-state index contributed by atoms with van der Waals surface area (Å²) < 4.78 is 45.9. The minimum absolute atomic E-state index is 0.343. The highest BCUT2D eigenvalue weighted by Crippen LogP contribution is 1.90. The number of rotatable bonds is 5. The van der Waals surface area contributed by atoms with Gasteiger partial charge in [0.2, 0.25) is 15.9 Å². The lowest BCUT2D eigenvalue weighted by molar-refractivity contribution is -0.131. The SMILES string of the molecule is CS(=O)(=O)NC(=O)CCNC(=O)C(F)F. The summed E-state index contributed by atoms with van der Waals surface area (Å²) in [5.41, 5.74) is 0. The molecule has 0 rings (SSSR count). The number of alkyl halides is 2. The molecule has 0 aromatic carbocycles. The van der Waals surface area contributed by atoms with Gasteiger partial charge in [0.15, 0.2) is 0 Å². The van der Waals surface area contributed by atoms with Crippen molar-refractivity contribution in [1.82, 2.24) is 10.0 Å². The molecule has 0 aromatic heterocycles. The highest BCUT2D eigenvalue weighted by molar-refractivity contribution is 7.89. The van der Waals surface area contributed by atoms with Crippen molar-refractivity contribution in [2.45, 2.75) is 12.8 Å². The number of hydrogen-bond donors (Lipinski definition) is 2. The van der Waals surface area contributed by atoms with Gasteiger partial charge in [-0.2, -0.15) is 8.78 Å². The molecule has 0 spiro atoms. The quantitative estimate of drug-likeness (QED) is 0.637. The second-order valence-electron chi connectivity index (χ2n) is 2.64. The first-order chi connectivity index (χ1) is 6.72. The van der Waals surface area contributed by atoms with E-state index in [4.69, 9.17) is 0 Å². The van der Waals surface area contributed by atoms with E-state index in [0.717, 1.165) is 6.26 Å². The van der Waals surface area contributed by atoms with Gasteiger partial charge in [0, 0.05) is 13.0 Å². The lowest BCUT2D eigenvalue weighted by Crippen LogP contribution is -2.35. The third-order valence-corrected chi connectivity index (χ3v) is 1.75. The second kappa shape index (κ2) is 5.59. The van der Waals surface area contributed by atoms with Crippen LogP contribution >= 0.6 is 0 Å². The van der Waals surface area contributed by atoms with Crippen LogP contribution in [0.4, 0.5) is 8.78 Å². The Labute approximate surface area is 85.1 Å². The van der Waals surface area contributed by atoms with E-state index >= 15 is 0 Å². The molecule has 6 nitrogen and oxygen atoms in total. The Hall–Kier alpha value is -1.25. The van der Waals surface area contributed by atoms with Crippen LogP contribution in [0.25, 0.3) is 0 Å². The molecule has 0 saturated heterocycles. The fraction of sp³-hybridized carbons (Fsp3) is 0.667. The van der Waals surface area contributed by atoms with E-state index in [0.29, 0.717) is 0 Å². The number of carbonyl (C=O) groups is 2. The van der Waals surface area contributed by atoms with E-state index < -0.39 is 28.3 Å². The van der Waals surface area contributed by atoms with Crippen LogP contribution in [0.15, 0.2) is 0 Å². The van der Waals surface area contributed by atoms with E-state index in [2.05, 4.69) is 0 Å². The van der Waals surface area contributed by atoms with Crippen molar-refractivity contribution in [1.29, 1.82) is 0 Å². The zero-order valence-corrected chi connectivity index (χ0v) is 8.61. The molecule has 0 aliphatic rings. The van der Waals surface area contributed by atoms with E-state index in [1.807, 2.05) is 0 Å². The summed E-state index contributed by atoms with van der Waals surface area (Å²) in [6.07, 6.45) is -2.75. The van der Waals surface area contributed by atoms with Gasteiger partial charge in [-0.3, -0.25) is 14.3 Å². The molecular weight excluding hydrogens is 234 g/mol. The van der Waals surface area contributed by atoms with Crippen LogP contribution in [0.3, 0.4) is 0 Å². The number of nitrogens with one attached hydrogen (secondary N) is 2. The van der Waals surface area contributed by atoms with Crippen molar-refractivity contribution < 1.29 is 26.8 Å². The molecule has 0 aliphatic heterocycles. The summed E-state index contributed by atoms with van der Waals surface area (Å²) in [6, 6.07) is 0. The second-order valence-corrected chi connectivity index (χ2v) is 4.39. The summed E-state index contributed by atoms with van der Waals surface area (Å²) in [6.45, 7) is -0.343. The summed E-state index contributed by atoms with van der Waals surface area (Å²) in [5, 5.41) is 1.75. The summed E-state index contributed by atoms with van der Waals surface area (Å²) in [7, 11) is -3.65. The smallest absolute Gasteiger partial charge is 0.315 e. The van der Waals surface area contributed by atoms with Crippen LogP contribution in [-0.4, -0.2) is 39.5 Å². The van der Waals surface area contributed by atoms with Crippen molar-refractivity contribution in [3.63, 3.8) is 0 Å². The van der Waals surface area contributed by atoms with Crippen molar-refractivity contribution in [2.24, 2.45) is 0 Å². The van der Waals surface area contributed by atoms with E-state index in [-0.39, 0.29) is 13.0 Å². The largest absolute Gasteiger partial charge is 0.351 e. The minimum atomic E-state index is -3.65. The Morgan fingerprint density at radius 1 is 1.33 bits per heavy atom. The van der Waals surface area contributed by atoms with Gasteiger partial charge in [-0.05, 0) is 0 Å². The Morgan fingerprint density at radius 3 is 2.27 bits per heavy atom.